The molecule has 6 rings (SSSR count). The van der Waals surface area contributed by atoms with Crippen LogP contribution in [0.5, 0.6) is 0 Å². The first kappa shape index (κ1) is 25.2. The van der Waals surface area contributed by atoms with Gasteiger partial charge >= 0.3 is 5.97 Å². The van der Waals surface area contributed by atoms with E-state index in [1.807, 2.05) is 49.0 Å². The fraction of sp³-hybridized carbons (Fsp3) is 0.500. The molecule has 4 fully saturated rings. The van der Waals surface area contributed by atoms with Crippen LogP contribution in [0, 0.1) is 11.7 Å². The van der Waals surface area contributed by atoms with Crippen molar-refractivity contribution in [1.82, 2.24) is 4.90 Å². The number of anilines is 1. The summed E-state index contributed by atoms with van der Waals surface area (Å²) >= 11 is 1.92. The van der Waals surface area contributed by atoms with Crippen molar-refractivity contribution in [2.24, 2.45) is 5.92 Å². The summed E-state index contributed by atoms with van der Waals surface area (Å²) in [5.41, 5.74) is 0.585. The lowest BCUT2D eigenvalue weighted by atomic mass is 9.82. The molecule has 1 N–H and O–H groups in total. The topological polar surface area (TPSA) is 58.6 Å². The Morgan fingerprint density at radius 3 is 2.53 bits per heavy atom. The minimum atomic E-state index is -0.839. The number of nitrogens with one attached hydrogen (secondary N) is 1. The second-order valence-electron chi connectivity index (χ2n) is 10.5. The summed E-state index contributed by atoms with van der Waals surface area (Å²) in [6, 6.07) is 15.9. The van der Waals surface area contributed by atoms with Crippen molar-refractivity contribution in [2.75, 3.05) is 56.1 Å². The standard InChI is InChI=1S/C28H34FN3O3S/c1-28(22-6-3-2-4-7-22,31-12-16-36-17-13-31)27(34)35-25-19-32(14-10-21(25)11-15-32)20-26(33)30-24-9-5-8-23(29)18-24/h2-9,18,21,25H,10-17,19-20H2,1H3/p+1/t21?,25-,28?,32?/m0/s1. The van der Waals surface area contributed by atoms with E-state index >= 15 is 0 Å². The number of carbonyl (C=O) groups is 2. The molecule has 1 amide bonds. The van der Waals surface area contributed by atoms with E-state index in [1.54, 1.807) is 12.1 Å². The van der Waals surface area contributed by atoms with Gasteiger partial charge in [-0.1, -0.05) is 36.4 Å². The molecule has 1 unspecified atom stereocenters. The maximum atomic E-state index is 13.9. The number of nitrogens with zero attached hydrogens (tertiary/aromatic N) is 2. The van der Waals surface area contributed by atoms with Crippen LogP contribution in [-0.4, -0.2) is 78.1 Å². The average Bonchev–Trinajstić information content (AvgIpc) is 2.89. The SMILES string of the molecule is CC(C(=O)O[C@H]1C[N+]2(CC(=O)Nc3cccc(F)c3)CCC1CC2)(c1ccccc1)N1CCSCC1. The van der Waals surface area contributed by atoms with Crippen LogP contribution in [0.4, 0.5) is 10.1 Å². The predicted molar refractivity (Wildman–Crippen MR) is 140 cm³/mol. The van der Waals surface area contributed by atoms with Crippen LogP contribution in [0.1, 0.15) is 25.3 Å². The number of ether oxygens (including phenoxy) is 1. The Labute approximate surface area is 216 Å². The van der Waals surface area contributed by atoms with Gasteiger partial charge in [-0.2, -0.15) is 11.8 Å². The summed E-state index contributed by atoms with van der Waals surface area (Å²) in [5, 5.41) is 2.84. The van der Waals surface area contributed by atoms with Crippen LogP contribution in [-0.2, 0) is 19.9 Å². The molecule has 0 aromatic heterocycles. The number of fused-ring (bicyclic) bond motifs is 3. The van der Waals surface area contributed by atoms with Crippen LogP contribution in [0.3, 0.4) is 0 Å². The highest BCUT2D eigenvalue weighted by Crippen LogP contribution is 2.38. The van der Waals surface area contributed by atoms with Crippen LogP contribution < -0.4 is 5.32 Å². The van der Waals surface area contributed by atoms with E-state index in [2.05, 4.69) is 10.2 Å². The van der Waals surface area contributed by atoms with Gasteiger partial charge in [0.2, 0.25) is 0 Å². The number of carbonyl (C=O) groups excluding carboxylic acids is 2. The number of hydrogen-bond acceptors (Lipinski definition) is 5. The molecule has 0 saturated carbocycles. The van der Waals surface area contributed by atoms with Crippen molar-refractivity contribution in [3.8, 4) is 0 Å². The van der Waals surface area contributed by atoms with Gasteiger partial charge in [0.05, 0.1) is 13.1 Å². The number of halogens is 1. The van der Waals surface area contributed by atoms with Crippen LogP contribution >= 0.6 is 11.8 Å². The third-order valence-electron chi connectivity index (χ3n) is 8.26. The minimum Gasteiger partial charge on any atom is -0.454 e. The highest BCUT2D eigenvalue weighted by Gasteiger charge is 2.51. The molecule has 0 spiro atoms. The van der Waals surface area contributed by atoms with Crippen molar-refractivity contribution in [3.63, 3.8) is 0 Å². The highest BCUT2D eigenvalue weighted by molar-refractivity contribution is 7.99. The Morgan fingerprint density at radius 2 is 1.83 bits per heavy atom. The molecule has 4 aliphatic heterocycles. The number of thioether (sulfide) groups is 1. The van der Waals surface area contributed by atoms with Gasteiger partial charge in [0.25, 0.3) is 5.91 Å². The van der Waals surface area contributed by atoms with Gasteiger partial charge < -0.3 is 14.5 Å². The van der Waals surface area contributed by atoms with Gasteiger partial charge in [-0.15, -0.1) is 0 Å². The molecule has 4 heterocycles. The first-order valence-corrected chi connectivity index (χ1v) is 14.0. The third-order valence-corrected chi connectivity index (χ3v) is 9.21. The highest BCUT2D eigenvalue weighted by atomic mass is 32.2. The van der Waals surface area contributed by atoms with E-state index in [1.165, 1.54) is 12.1 Å². The number of amides is 1. The van der Waals surface area contributed by atoms with Crippen LogP contribution in [0.25, 0.3) is 0 Å². The first-order valence-electron chi connectivity index (χ1n) is 12.9. The zero-order chi connectivity index (χ0) is 25.2. The number of rotatable bonds is 7. The van der Waals surface area contributed by atoms with E-state index in [-0.39, 0.29) is 23.8 Å². The zero-order valence-electron chi connectivity index (χ0n) is 20.8. The summed E-state index contributed by atoms with van der Waals surface area (Å²) in [5.74, 6) is 1.63. The van der Waals surface area contributed by atoms with Crippen LogP contribution in [0.2, 0.25) is 0 Å². The molecule has 4 saturated heterocycles. The molecule has 192 valence electrons. The maximum absolute atomic E-state index is 13.9. The summed E-state index contributed by atoms with van der Waals surface area (Å²) < 4.78 is 20.5. The number of quaternary nitrogens is 1. The van der Waals surface area contributed by atoms with E-state index in [9.17, 15) is 14.0 Å². The van der Waals surface area contributed by atoms with Gasteiger partial charge in [0.1, 0.15) is 17.9 Å². The molecule has 0 radical (unpaired) electrons. The lowest BCUT2D eigenvalue weighted by molar-refractivity contribution is -0.939. The third kappa shape index (κ3) is 5.17. The second-order valence-corrected chi connectivity index (χ2v) is 11.7. The maximum Gasteiger partial charge on any atom is 0.331 e. The van der Waals surface area contributed by atoms with Gasteiger partial charge in [0.15, 0.2) is 12.6 Å². The van der Waals surface area contributed by atoms with E-state index in [0.29, 0.717) is 29.2 Å². The van der Waals surface area contributed by atoms with Gasteiger partial charge in [-0.05, 0) is 30.7 Å². The van der Waals surface area contributed by atoms with E-state index in [0.717, 1.165) is 56.1 Å². The van der Waals surface area contributed by atoms with E-state index < -0.39 is 5.54 Å². The molecular formula is C28H35FN3O3S+. The van der Waals surface area contributed by atoms with Gasteiger partial charge in [0, 0.05) is 49.0 Å². The smallest absolute Gasteiger partial charge is 0.331 e. The number of esters is 1. The monoisotopic (exact) mass is 512 g/mol. The van der Waals surface area contributed by atoms with E-state index in [4.69, 9.17) is 4.74 Å². The lowest BCUT2D eigenvalue weighted by Crippen LogP contribution is -2.67. The van der Waals surface area contributed by atoms with Crippen molar-refractivity contribution in [2.45, 2.75) is 31.4 Å². The summed E-state index contributed by atoms with van der Waals surface area (Å²) in [6.07, 6.45) is 1.67. The van der Waals surface area contributed by atoms with Gasteiger partial charge in [-0.25, -0.2) is 9.18 Å². The molecule has 6 nitrogen and oxygen atoms in total. The lowest BCUT2D eigenvalue weighted by Gasteiger charge is -2.52. The summed E-state index contributed by atoms with van der Waals surface area (Å²) in [4.78, 5) is 29.1. The molecular weight excluding hydrogens is 477 g/mol. The quantitative estimate of drug-likeness (QED) is 0.451. The zero-order valence-corrected chi connectivity index (χ0v) is 21.6. The molecule has 8 heteroatoms. The molecule has 0 aliphatic carbocycles. The fourth-order valence-corrected chi connectivity index (χ4v) is 7.01. The minimum absolute atomic E-state index is 0.133. The Balaban J connectivity index is 1.30. The van der Waals surface area contributed by atoms with Gasteiger partial charge in [-0.3, -0.25) is 9.69 Å². The average molecular weight is 513 g/mol. The van der Waals surface area contributed by atoms with Crippen LogP contribution in [0.15, 0.2) is 54.6 Å². The van der Waals surface area contributed by atoms with Crippen molar-refractivity contribution >= 4 is 29.3 Å². The fourth-order valence-electron chi connectivity index (χ4n) is 6.10. The van der Waals surface area contributed by atoms with Crippen molar-refractivity contribution < 1.29 is 23.2 Å². The predicted octanol–water partition coefficient (Wildman–Crippen LogP) is 3.88. The molecule has 2 aromatic rings. The van der Waals surface area contributed by atoms with Crippen molar-refractivity contribution in [3.05, 3.63) is 66.0 Å². The molecule has 2 atom stereocenters. The number of benzene rings is 2. The Bertz CT molecular complexity index is 1090. The number of piperidine rings is 3. The first-order chi connectivity index (χ1) is 17.4. The Morgan fingerprint density at radius 1 is 1.11 bits per heavy atom. The largest absolute Gasteiger partial charge is 0.454 e. The Hall–Kier alpha value is -2.42. The molecule has 2 aromatic carbocycles. The second kappa shape index (κ2) is 10.5. The van der Waals surface area contributed by atoms with Crippen molar-refractivity contribution in [1.29, 1.82) is 0 Å². The Kier molecular flexibility index (Phi) is 7.37. The normalized spacial score (nSPS) is 27.7. The molecule has 4 aliphatic rings. The summed E-state index contributed by atoms with van der Waals surface area (Å²) in [6.45, 7) is 6.44. The molecule has 36 heavy (non-hydrogen) atoms. The summed E-state index contributed by atoms with van der Waals surface area (Å²) in [7, 11) is 0. The number of hydrogen-bond donors (Lipinski definition) is 1. The molecule has 2 bridgehead atoms.